The van der Waals surface area contributed by atoms with Gasteiger partial charge in [0.1, 0.15) is 84.3 Å². The van der Waals surface area contributed by atoms with E-state index in [0.29, 0.717) is 31.2 Å². The third-order valence-electron chi connectivity index (χ3n) is 18.6. The summed E-state index contributed by atoms with van der Waals surface area (Å²) in [5.74, 6) is -15.0. The Hall–Kier alpha value is -8.54. The first kappa shape index (κ1) is 88.7. The fourth-order valence-corrected chi connectivity index (χ4v) is 11.9. The van der Waals surface area contributed by atoms with Gasteiger partial charge in [-0.15, -0.1) is 0 Å². The maximum Gasteiger partial charge on any atom is 0.329 e. The zero-order valence-electron chi connectivity index (χ0n) is 63.7. The predicted molar refractivity (Wildman–Crippen MR) is 386 cm³/mol. The number of benzene rings is 1. The van der Waals surface area contributed by atoms with E-state index in [9.17, 15) is 67.4 Å². The number of aliphatic hydroxyl groups is 1. The standard InChI is InChI=1S/C73H120N14O16/c1-19-28-52(89)79-53(38(7)8)66(95)85-59(44(17)88)70(99)80-54(39(9)10)67(96)81-55(40(11)12)72(101)87-34-27-32-51(87)65(94)76-48(31-26-33-74)62(91)77-49(35-37(5)6)64(93)86-60-45(18)103-73(102)56(41(13)14)82-61(90)47(22-4)75-63(92)50(36-46-29-24-23-25-30-46)78-68(97)57(42(15)20-2)83-69(98)58(43(16)21-3)84-71(60)100/h22-25,29-30,37-45,48-51,53-60,88H,19-21,26-28,31-36,74H2,1-18H3,(H,75,92)(H,76,94)(H,77,91)(H,78,97)(H,79,89)(H,80,99)(H,81,96)(H,82,90)(H,83,98)(H,84,100)(H,85,95)(H,86,93). The van der Waals surface area contributed by atoms with E-state index >= 15 is 4.79 Å². The summed E-state index contributed by atoms with van der Waals surface area (Å²) in [4.78, 5) is 202. The first-order chi connectivity index (χ1) is 48.4. The second-order valence-electron chi connectivity index (χ2n) is 29.1. The Morgan fingerprint density at radius 1 is 0.631 bits per heavy atom. The van der Waals surface area contributed by atoms with Crippen LogP contribution in [-0.2, 0) is 78.3 Å². The molecule has 30 heteroatoms. The number of nitrogens with one attached hydrogen (secondary N) is 12. The van der Waals surface area contributed by atoms with E-state index < -0.39 is 197 Å². The van der Waals surface area contributed by atoms with Gasteiger partial charge in [-0.05, 0) is 113 Å². The molecule has 2 saturated heterocycles. The van der Waals surface area contributed by atoms with E-state index in [-0.39, 0.29) is 69.1 Å². The molecule has 16 unspecified atom stereocenters. The Morgan fingerprint density at radius 2 is 1.17 bits per heavy atom. The Bertz CT molecular complexity index is 3110. The molecule has 0 radical (unpaired) electrons. The number of hydrogen-bond acceptors (Lipinski definition) is 17. The van der Waals surface area contributed by atoms with Crippen LogP contribution in [0.15, 0.2) is 42.1 Å². The molecule has 578 valence electrons. The number of amides is 13. The molecule has 0 bridgehead atoms. The van der Waals surface area contributed by atoms with E-state index in [1.54, 1.807) is 134 Å². The fourth-order valence-electron chi connectivity index (χ4n) is 11.9. The highest BCUT2D eigenvalue weighted by molar-refractivity contribution is 6.03. The Morgan fingerprint density at radius 3 is 1.68 bits per heavy atom. The van der Waals surface area contributed by atoms with Crippen LogP contribution in [0.1, 0.15) is 188 Å². The third kappa shape index (κ3) is 26.9. The van der Waals surface area contributed by atoms with E-state index in [0.717, 1.165) is 0 Å². The number of likely N-dealkylation sites (tertiary alicyclic amines) is 1. The Balaban J connectivity index is 2.03. The lowest BCUT2D eigenvalue weighted by molar-refractivity contribution is -0.157. The number of nitrogens with two attached hydrogens (primary N) is 1. The molecule has 13 amide bonds. The van der Waals surface area contributed by atoms with Crippen LogP contribution in [-0.4, -0.2) is 191 Å². The molecule has 1 aromatic carbocycles. The monoisotopic (exact) mass is 1450 g/mol. The van der Waals surface area contributed by atoms with Crippen molar-refractivity contribution in [3.8, 4) is 0 Å². The highest BCUT2D eigenvalue weighted by Crippen LogP contribution is 2.23. The molecule has 0 aromatic heterocycles. The van der Waals surface area contributed by atoms with E-state index in [1.807, 2.05) is 0 Å². The lowest BCUT2D eigenvalue weighted by Crippen LogP contribution is -2.63. The van der Waals surface area contributed by atoms with Gasteiger partial charge in [0.15, 0.2) is 0 Å². The van der Waals surface area contributed by atoms with Crippen LogP contribution >= 0.6 is 0 Å². The van der Waals surface area contributed by atoms with Crippen molar-refractivity contribution in [1.82, 2.24) is 68.7 Å². The predicted octanol–water partition coefficient (Wildman–Crippen LogP) is 1.20. The molecule has 2 heterocycles. The van der Waals surface area contributed by atoms with Crippen molar-refractivity contribution in [3.05, 3.63) is 47.7 Å². The highest BCUT2D eigenvalue weighted by atomic mass is 16.5. The van der Waals surface area contributed by atoms with Crippen LogP contribution in [0.5, 0.6) is 0 Å². The summed E-state index contributed by atoms with van der Waals surface area (Å²) in [7, 11) is 0. The summed E-state index contributed by atoms with van der Waals surface area (Å²) in [5, 5.41) is 43.0. The van der Waals surface area contributed by atoms with Gasteiger partial charge in [-0.1, -0.05) is 153 Å². The highest BCUT2D eigenvalue weighted by Gasteiger charge is 2.44. The van der Waals surface area contributed by atoms with Crippen LogP contribution < -0.4 is 69.5 Å². The van der Waals surface area contributed by atoms with Crippen LogP contribution in [0.25, 0.3) is 0 Å². The number of hydrogen-bond donors (Lipinski definition) is 14. The minimum Gasteiger partial charge on any atom is -0.458 e. The third-order valence-corrected chi connectivity index (χ3v) is 18.6. The van der Waals surface area contributed by atoms with E-state index in [1.165, 1.54) is 31.7 Å². The minimum absolute atomic E-state index is 0.0328. The number of carbonyl (C=O) groups is 14. The first-order valence-corrected chi connectivity index (χ1v) is 36.6. The quantitative estimate of drug-likeness (QED) is 0.0356. The van der Waals surface area contributed by atoms with Gasteiger partial charge < -0.3 is 84.3 Å². The number of nitrogens with zero attached hydrogens (tertiary/aromatic N) is 1. The second-order valence-corrected chi connectivity index (χ2v) is 29.1. The van der Waals surface area contributed by atoms with Gasteiger partial charge in [0.2, 0.25) is 70.9 Å². The van der Waals surface area contributed by atoms with Crippen molar-refractivity contribution >= 4 is 82.8 Å². The smallest absolute Gasteiger partial charge is 0.329 e. The molecular weight excluding hydrogens is 1330 g/mol. The molecule has 1 aromatic rings. The number of rotatable bonds is 32. The number of cyclic esters (lactones) is 1. The maximum absolute atomic E-state index is 15.1. The van der Waals surface area contributed by atoms with Crippen molar-refractivity contribution in [3.63, 3.8) is 0 Å². The average molecular weight is 1450 g/mol. The maximum atomic E-state index is 15.1. The van der Waals surface area contributed by atoms with Gasteiger partial charge in [-0.2, -0.15) is 0 Å². The van der Waals surface area contributed by atoms with Crippen LogP contribution in [0, 0.1) is 41.4 Å². The lowest BCUT2D eigenvalue weighted by atomic mass is 9.94. The summed E-state index contributed by atoms with van der Waals surface area (Å²) in [6.45, 7) is 29.8. The van der Waals surface area contributed by atoms with Gasteiger partial charge in [0.05, 0.1) is 6.10 Å². The van der Waals surface area contributed by atoms with E-state index in [2.05, 4.69) is 63.8 Å². The van der Waals surface area contributed by atoms with Crippen molar-refractivity contribution in [2.45, 2.75) is 274 Å². The molecule has 3 rings (SSSR count). The van der Waals surface area contributed by atoms with Gasteiger partial charge >= 0.3 is 5.97 Å². The van der Waals surface area contributed by atoms with Crippen LogP contribution in [0.2, 0.25) is 0 Å². The molecule has 30 nitrogen and oxygen atoms in total. The summed E-state index contributed by atoms with van der Waals surface area (Å²) < 4.78 is 5.96. The largest absolute Gasteiger partial charge is 0.458 e. The Kier molecular flexibility index (Phi) is 36.9. The molecule has 0 spiro atoms. The zero-order chi connectivity index (χ0) is 77.9. The SMILES string of the molecule is CC=C1NC(=O)C(Cc2ccccc2)NC(=O)C(C(C)CC)NC(=O)C(C(C)CC)NC(=O)C(NC(=O)C(CC(C)C)NC(=O)C(CCCN)NC(=O)C2CCCN2C(=O)C(NC(=O)C(NC(=O)C(NC(=O)C(NC(=O)CCC)C(C)C)C(C)O)C(C)C)C(C)C)C(C)OC(=O)C(C(C)C)NC1=O. The summed E-state index contributed by atoms with van der Waals surface area (Å²) >= 11 is 0. The number of esters is 1. The topological polar surface area (TPSA) is 442 Å². The van der Waals surface area contributed by atoms with Crippen molar-refractivity contribution in [2.24, 2.45) is 47.2 Å². The molecule has 2 aliphatic heterocycles. The van der Waals surface area contributed by atoms with Crippen molar-refractivity contribution < 1.29 is 77.0 Å². The Labute approximate surface area is 607 Å². The van der Waals surface area contributed by atoms with Crippen LogP contribution in [0.4, 0.5) is 0 Å². The van der Waals surface area contributed by atoms with Crippen molar-refractivity contribution in [2.75, 3.05) is 13.1 Å². The molecular formula is C73H120N14O16. The summed E-state index contributed by atoms with van der Waals surface area (Å²) in [6, 6.07) is -7.59. The lowest BCUT2D eigenvalue weighted by Gasteiger charge is -2.33. The minimum atomic E-state index is -1.82. The first-order valence-electron chi connectivity index (χ1n) is 36.6. The fraction of sp³-hybridized carbons (Fsp3) is 0.699. The number of ether oxygens (including phenoxy) is 1. The van der Waals surface area contributed by atoms with Gasteiger partial charge in [0.25, 0.3) is 5.91 Å². The zero-order valence-corrected chi connectivity index (χ0v) is 63.7. The van der Waals surface area contributed by atoms with Gasteiger partial charge in [0, 0.05) is 19.4 Å². The molecule has 15 N–H and O–H groups in total. The number of carbonyl (C=O) groups excluding carboxylic acids is 14. The van der Waals surface area contributed by atoms with E-state index in [4.69, 9.17) is 10.5 Å². The van der Waals surface area contributed by atoms with Crippen molar-refractivity contribution in [1.29, 1.82) is 0 Å². The second kappa shape index (κ2) is 42.9. The summed E-state index contributed by atoms with van der Waals surface area (Å²) in [5.41, 5.74) is 6.34. The normalized spacial score (nSPS) is 22.7. The molecule has 0 saturated carbocycles. The van der Waals surface area contributed by atoms with Gasteiger partial charge in [-0.3, -0.25) is 62.3 Å². The number of aliphatic hydroxyl groups excluding tert-OH is 1. The molecule has 2 aliphatic rings. The molecule has 2 fully saturated rings. The van der Waals surface area contributed by atoms with Gasteiger partial charge in [-0.25, -0.2) is 4.79 Å². The average Bonchev–Trinajstić information content (AvgIpc) is 1.78. The summed E-state index contributed by atoms with van der Waals surface area (Å²) in [6.07, 6.45) is 0.183. The molecule has 16 atom stereocenters. The molecule has 103 heavy (non-hydrogen) atoms. The number of allylic oxidation sites excluding steroid dienone is 1. The van der Waals surface area contributed by atoms with Crippen LogP contribution in [0.3, 0.4) is 0 Å². The molecule has 0 aliphatic carbocycles.